The van der Waals surface area contributed by atoms with Crippen molar-refractivity contribution < 1.29 is 28.0 Å². The molecule has 1 unspecified atom stereocenters. The van der Waals surface area contributed by atoms with E-state index in [9.17, 15) is 9.00 Å². The third-order valence-electron chi connectivity index (χ3n) is 13.2. The van der Waals surface area contributed by atoms with Crippen LogP contribution < -0.4 is 14.4 Å². The maximum absolute atomic E-state index is 14.0. The first kappa shape index (κ1) is 38.0. The van der Waals surface area contributed by atoms with Gasteiger partial charge in [0.2, 0.25) is 0 Å². The number of anilines is 1. The molecule has 7 atom stereocenters. The van der Waals surface area contributed by atoms with Crippen LogP contribution in [0.2, 0.25) is 5.02 Å². The van der Waals surface area contributed by atoms with Crippen molar-refractivity contribution in [2.75, 3.05) is 65.1 Å². The number of carbonyl (C=O) groups is 1. The van der Waals surface area contributed by atoms with Crippen LogP contribution in [0, 0.1) is 23.7 Å². The Morgan fingerprint density at radius 3 is 2.63 bits per heavy atom. The second-order valence-corrected chi connectivity index (χ2v) is 19.2. The van der Waals surface area contributed by atoms with Crippen LogP contribution in [-0.2, 0) is 35.8 Å². The molecule has 52 heavy (non-hydrogen) atoms. The van der Waals surface area contributed by atoms with E-state index >= 15 is 0 Å². The van der Waals surface area contributed by atoms with Gasteiger partial charge in [-0.05, 0) is 124 Å². The van der Waals surface area contributed by atoms with Crippen molar-refractivity contribution in [1.29, 1.82) is 0 Å². The Bertz CT molecular complexity index is 1700. The number of rotatable bonds is 5. The monoisotopic (exact) mass is 755 g/mol. The number of aryl methyl sites for hydroxylation is 1. The molecule has 0 radical (unpaired) electrons. The van der Waals surface area contributed by atoms with Crippen LogP contribution in [0.15, 0.2) is 36.4 Å². The predicted molar refractivity (Wildman–Crippen MR) is 209 cm³/mol. The van der Waals surface area contributed by atoms with E-state index in [0.717, 1.165) is 87.5 Å². The van der Waals surface area contributed by atoms with Crippen LogP contribution in [-0.4, -0.2) is 98.7 Å². The van der Waals surface area contributed by atoms with Gasteiger partial charge in [-0.3, -0.25) is 14.4 Å². The maximum atomic E-state index is 14.0. The van der Waals surface area contributed by atoms with E-state index in [-0.39, 0.29) is 40.7 Å². The van der Waals surface area contributed by atoms with E-state index in [1.807, 2.05) is 25.1 Å². The summed E-state index contributed by atoms with van der Waals surface area (Å²) in [5.41, 5.74) is 3.79. The molecule has 3 heterocycles. The van der Waals surface area contributed by atoms with Crippen molar-refractivity contribution in [3.63, 3.8) is 0 Å². The molecule has 2 bridgehead atoms. The summed E-state index contributed by atoms with van der Waals surface area (Å²) in [5.74, 6) is 5.75. The van der Waals surface area contributed by atoms with Crippen LogP contribution in [0.4, 0.5) is 5.69 Å². The fourth-order valence-electron chi connectivity index (χ4n) is 9.50. The van der Waals surface area contributed by atoms with Gasteiger partial charge in [-0.2, -0.15) is 0 Å². The van der Waals surface area contributed by atoms with Crippen molar-refractivity contribution in [3.05, 3.63) is 58.1 Å². The van der Waals surface area contributed by atoms with Crippen LogP contribution in [0.3, 0.4) is 0 Å². The van der Waals surface area contributed by atoms with Gasteiger partial charge in [0.25, 0.3) is 5.91 Å². The Kier molecular flexibility index (Phi) is 11.5. The summed E-state index contributed by atoms with van der Waals surface area (Å²) in [5, 5.41) is 0.480. The quantitative estimate of drug-likeness (QED) is 0.354. The smallest absolute Gasteiger partial charge is 0.262 e. The van der Waals surface area contributed by atoms with Gasteiger partial charge in [0, 0.05) is 53.9 Å². The minimum atomic E-state index is -2.92. The van der Waals surface area contributed by atoms with E-state index in [2.05, 4.69) is 46.5 Å². The number of fused-ring (bicyclic) bond motifs is 4. The molecule has 9 nitrogen and oxygen atoms in total. The Balaban J connectivity index is 1.23. The lowest BCUT2D eigenvalue weighted by Gasteiger charge is -2.49. The molecule has 1 N–H and O–H groups in total. The second kappa shape index (κ2) is 15.8. The van der Waals surface area contributed by atoms with Gasteiger partial charge in [0.1, 0.15) is 5.75 Å². The standard InChI is InChI=1S/C41H58ClN3O6S/c1-27-8-6-10-35(40-49-23-33(24-50-40)44(3)18-19-48-4)34-14-11-31(34)22-45-25-41(17-7-9-29-20-32(42)13-15-36(29)41)26-51-38-16-12-30(21-37(38)45)39(46)43-52(5,47)28(27)2/h12-13,15-16,20-21,27-28,31,33-35,40H,5-11,14,17-19,22-26H2,1-4H3,(H,43,46,47)/t27-,28+,31-,33?,34+,35+,40?,41-,52?/m0/s1. The predicted octanol–water partition coefficient (Wildman–Crippen LogP) is 6.34. The van der Waals surface area contributed by atoms with E-state index in [1.165, 1.54) is 11.1 Å². The van der Waals surface area contributed by atoms with Gasteiger partial charge in [0.05, 0.1) is 47.9 Å². The molecular formula is C41H58ClN3O6S. The molecular weight excluding hydrogens is 698 g/mol. The molecule has 1 amide bonds. The van der Waals surface area contributed by atoms with Crippen molar-refractivity contribution in [1.82, 2.24) is 9.62 Å². The highest BCUT2D eigenvalue weighted by Gasteiger charge is 2.47. The zero-order valence-corrected chi connectivity index (χ0v) is 33.0. The number of likely N-dealkylation sites (N-methyl/N-ethyl adjacent to an activating group) is 1. The molecule has 286 valence electrons. The number of benzene rings is 2. The molecule has 2 aromatic carbocycles. The van der Waals surface area contributed by atoms with Crippen LogP contribution >= 0.6 is 11.6 Å². The largest absolute Gasteiger partial charge is 0.490 e. The SMILES string of the molecule is C=S1(=O)NC(=O)c2ccc3c(c2)N(C[C@@H]2CC[C@H]2[C@H](C2OCC(N(C)CCOC)CO2)CCC[C@H](C)[C@H]1C)C[C@@]1(CCCc2cc(Cl)ccc21)CO3. The van der Waals surface area contributed by atoms with E-state index < -0.39 is 9.71 Å². The summed E-state index contributed by atoms with van der Waals surface area (Å²) >= 11 is 6.50. The van der Waals surface area contributed by atoms with Crippen molar-refractivity contribution in [2.24, 2.45) is 23.7 Å². The minimum Gasteiger partial charge on any atom is -0.490 e. The number of methoxy groups -OCH3 is 1. The lowest BCUT2D eigenvalue weighted by Crippen LogP contribution is -2.52. The van der Waals surface area contributed by atoms with E-state index in [1.54, 1.807) is 13.2 Å². The van der Waals surface area contributed by atoms with Gasteiger partial charge in [-0.15, -0.1) is 0 Å². The highest BCUT2D eigenvalue weighted by molar-refractivity contribution is 7.99. The van der Waals surface area contributed by atoms with Gasteiger partial charge in [-0.25, -0.2) is 4.21 Å². The highest BCUT2D eigenvalue weighted by atomic mass is 35.5. The number of ether oxygens (including phenoxy) is 4. The first-order valence-electron chi connectivity index (χ1n) is 19.4. The topological polar surface area (TPSA) is 89.6 Å². The summed E-state index contributed by atoms with van der Waals surface area (Å²) in [4.78, 5) is 18.5. The third-order valence-corrected chi connectivity index (χ3v) is 15.6. The fraction of sp³-hybridized carbons (Fsp3) is 0.659. The molecule has 2 aromatic rings. The lowest BCUT2D eigenvalue weighted by atomic mass is 9.64. The van der Waals surface area contributed by atoms with Gasteiger partial charge in [0.15, 0.2) is 6.29 Å². The number of nitrogens with one attached hydrogen (secondary N) is 1. The second-order valence-electron chi connectivity index (χ2n) is 16.4. The summed E-state index contributed by atoms with van der Waals surface area (Å²) < 4.78 is 42.1. The van der Waals surface area contributed by atoms with Crippen LogP contribution in [0.1, 0.15) is 80.3 Å². The molecule has 2 aliphatic carbocycles. The number of carbonyl (C=O) groups excluding carboxylic acids is 1. The molecule has 1 saturated heterocycles. The van der Waals surface area contributed by atoms with E-state index in [4.69, 9.17) is 30.5 Å². The molecule has 0 aromatic heterocycles. The molecule has 2 fully saturated rings. The number of hydrogen-bond donors (Lipinski definition) is 1. The van der Waals surface area contributed by atoms with Gasteiger partial charge in [-0.1, -0.05) is 31.0 Å². The highest BCUT2D eigenvalue weighted by Crippen LogP contribution is 2.49. The third kappa shape index (κ3) is 7.76. The zero-order chi connectivity index (χ0) is 36.6. The van der Waals surface area contributed by atoms with Crippen LogP contribution in [0.5, 0.6) is 5.75 Å². The lowest BCUT2D eigenvalue weighted by molar-refractivity contribution is -0.242. The summed E-state index contributed by atoms with van der Waals surface area (Å²) in [6.45, 7) is 9.06. The molecule has 3 aliphatic heterocycles. The Morgan fingerprint density at radius 1 is 1.08 bits per heavy atom. The van der Waals surface area contributed by atoms with Gasteiger partial charge >= 0.3 is 0 Å². The van der Waals surface area contributed by atoms with Crippen molar-refractivity contribution in [3.8, 4) is 5.75 Å². The normalized spacial score (nSPS) is 35.5. The van der Waals surface area contributed by atoms with E-state index in [0.29, 0.717) is 43.8 Å². The van der Waals surface area contributed by atoms with Crippen LogP contribution in [0.25, 0.3) is 0 Å². The number of amides is 1. The number of hydrogen-bond acceptors (Lipinski definition) is 8. The molecule has 11 heteroatoms. The minimum absolute atomic E-state index is 0.114. The number of halogens is 1. The molecule has 1 saturated carbocycles. The summed E-state index contributed by atoms with van der Waals surface area (Å²) in [7, 11) is 0.922. The summed E-state index contributed by atoms with van der Waals surface area (Å²) in [6.07, 6.45) is 7.93. The van der Waals surface area contributed by atoms with Crippen molar-refractivity contribution in [2.45, 2.75) is 88.2 Å². The number of nitrogens with zero attached hydrogens (tertiary/aromatic N) is 2. The average Bonchev–Trinajstić information content (AvgIpc) is 3.27. The first-order valence-corrected chi connectivity index (χ1v) is 21.6. The molecule has 7 rings (SSSR count). The van der Waals surface area contributed by atoms with Gasteiger partial charge < -0.3 is 23.8 Å². The molecule has 1 spiro atoms. The first-order chi connectivity index (χ1) is 25.0. The fourth-order valence-corrected chi connectivity index (χ4v) is 11.2. The Labute approximate surface area is 316 Å². The zero-order valence-electron chi connectivity index (χ0n) is 31.4. The maximum Gasteiger partial charge on any atom is 0.262 e. The Morgan fingerprint density at radius 2 is 1.88 bits per heavy atom. The average molecular weight is 756 g/mol. The molecule has 5 aliphatic rings. The Hall–Kier alpha value is -2.34. The summed E-state index contributed by atoms with van der Waals surface area (Å²) in [6, 6.07) is 12.2. The van der Waals surface area contributed by atoms with Crippen molar-refractivity contribution >= 4 is 38.8 Å².